The molecule has 2 aromatic rings. The first-order valence-corrected chi connectivity index (χ1v) is 12.1. The molecule has 0 unspecified atom stereocenters. The van der Waals surface area contributed by atoms with Crippen molar-refractivity contribution in [1.29, 1.82) is 0 Å². The predicted molar refractivity (Wildman–Crippen MR) is 122 cm³/mol. The van der Waals surface area contributed by atoms with Gasteiger partial charge in [0.2, 0.25) is 0 Å². The zero-order valence-electron chi connectivity index (χ0n) is 18.2. The zero-order valence-corrected chi connectivity index (χ0v) is 19.0. The molecule has 0 saturated carbocycles. The summed E-state index contributed by atoms with van der Waals surface area (Å²) < 4.78 is 33.0. The lowest BCUT2D eigenvalue weighted by atomic mass is 9.97. The average molecular weight is 461 g/mol. The number of benzene rings is 2. The fourth-order valence-electron chi connectivity index (χ4n) is 3.81. The predicted octanol–water partition coefficient (Wildman–Crippen LogP) is 3.53. The maximum absolute atomic E-state index is 12.7. The Hall–Kier alpha value is -3.07. The van der Waals surface area contributed by atoms with E-state index in [1.54, 1.807) is 25.1 Å². The van der Waals surface area contributed by atoms with Crippen LogP contribution < -0.4 is 9.62 Å². The van der Waals surface area contributed by atoms with Crippen molar-refractivity contribution in [3.63, 3.8) is 0 Å². The van der Waals surface area contributed by atoms with Crippen LogP contribution in [-0.4, -0.2) is 45.2 Å². The van der Waals surface area contributed by atoms with Crippen LogP contribution in [0.15, 0.2) is 47.4 Å². The summed E-state index contributed by atoms with van der Waals surface area (Å²) in [4.78, 5) is 26.0. The number of carbonyl (C=O) groups excluding carboxylic acids is 1. The van der Waals surface area contributed by atoms with E-state index in [4.69, 9.17) is 4.74 Å². The summed E-state index contributed by atoms with van der Waals surface area (Å²) in [6.07, 6.45) is 2.21. The van der Waals surface area contributed by atoms with Crippen LogP contribution in [0.1, 0.15) is 42.6 Å². The number of nitrogens with one attached hydrogen (secondary N) is 1. The Kier molecular flexibility index (Phi) is 7.40. The first-order valence-electron chi connectivity index (χ1n) is 10.7. The van der Waals surface area contributed by atoms with Crippen molar-refractivity contribution < 1.29 is 27.9 Å². The third-order valence-electron chi connectivity index (χ3n) is 5.50. The van der Waals surface area contributed by atoms with Crippen LogP contribution in [0.25, 0.3) is 0 Å². The highest BCUT2D eigenvalue weighted by Gasteiger charge is 2.29. The molecule has 1 atom stereocenters. The Balaban J connectivity index is 1.84. The molecule has 1 aliphatic rings. The molecule has 2 N–H and O–H groups in total. The van der Waals surface area contributed by atoms with E-state index < -0.39 is 16.0 Å². The summed E-state index contributed by atoms with van der Waals surface area (Å²) in [5.74, 6) is -1.78. The van der Waals surface area contributed by atoms with Gasteiger partial charge in [-0.1, -0.05) is 19.1 Å². The molecule has 9 heteroatoms. The van der Waals surface area contributed by atoms with Crippen LogP contribution in [0.5, 0.6) is 0 Å². The Morgan fingerprint density at radius 2 is 1.88 bits per heavy atom. The van der Waals surface area contributed by atoms with Crippen LogP contribution in [0.4, 0.5) is 11.4 Å². The summed E-state index contributed by atoms with van der Waals surface area (Å²) in [6.45, 7) is 4.98. The Bertz CT molecular complexity index is 1080. The molecule has 8 nitrogen and oxygen atoms in total. The van der Waals surface area contributed by atoms with E-state index in [1.165, 1.54) is 24.3 Å². The van der Waals surface area contributed by atoms with Crippen LogP contribution in [-0.2, 0) is 26.0 Å². The van der Waals surface area contributed by atoms with Gasteiger partial charge in [0.15, 0.2) is 0 Å². The highest BCUT2D eigenvalue weighted by Crippen LogP contribution is 2.30. The Morgan fingerprint density at radius 3 is 2.50 bits per heavy atom. The lowest BCUT2D eigenvalue weighted by molar-refractivity contribution is -0.148. The van der Waals surface area contributed by atoms with Gasteiger partial charge in [0.1, 0.15) is 0 Å². The molecule has 1 heterocycles. The van der Waals surface area contributed by atoms with Gasteiger partial charge in [-0.05, 0) is 62.1 Å². The maximum atomic E-state index is 12.7. The van der Waals surface area contributed by atoms with E-state index in [9.17, 15) is 23.1 Å². The number of rotatable bonds is 8. The van der Waals surface area contributed by atoms with E-state index in [2.05, 4.69) is 4.72 Å². The number of ether oxygens (including phenoxy) is 1. The molecule has 0 aromatic heterocycles. The minimum atomic E-state index is -3.86. The summed E-state index contributed by atoms with van der Waals surface area (Å²) in [6, 6.07) is 11.0. The molecule has 3 rings (SSSR count). The van der Waals surface area contributed by atoms with Gasteiger partial charge in [-0.2, -0.15) is 0 Å². The second-order valence-electron chi connectivity index (χ2n) is 7.68. The van der Waals surface area contributed by atoms with Gasteiger partial charge in [-0.3, -0.25) is 9.52 Å². The third-order valence-corrected chi connectivity index (χ3v) is 6.90. The maximum Gasteiger partial charge on any atom is 0.337 e. The van der Waals surface area contributed by atoms with Crippen LogP contribution in [0.2, 0.25) is 0 Å². The summed E-state index contributed by atoms with van der Waals surface area (Å²) in [5.41, 5.74) is 1.59. The largest absolute Gasteiger partial charge is 0.478 e. The molecule has 2 aromatic carbocycles. The van der Waals surface area contributed by atoms with Crippen molar-refractivity contribution in [3.8, 4) is 0 Å². The minimum Gasteiger partial charge on any atom is -0.478 e. The van der Waals surface area contributed by atoms with Gasteiger partial charge in [0.05, 0.1) is 28.7 Å². The second kappa shape index (κ2) is 10.0. The van der Waals surface area contributed by atoms with Gasteiger partial charge in [0, 0.05) is 18.8 Å². The average Bonchev–Trinajstić information content (AvgIpc) is 2.79. The van der Waals surface area contributed by atoms with Gasteiger partial charge in [-0.25, -0.2) is 13.2 Å². The molecule has 0 aliphatic carbocycles. The lowest BCUT2D eigenvalue weighted by Crippen LogP contribution is -2.40. The van der Waals surface area contributed by atoms with Crippen molar-refractivity contribution in [2.24, 2.45) is 5.92 Å². The molecule has 0 radical (unpaired) electrons. The van der Waals surface area contributed by atoms with Gasteiger partial charge in [-0.15, -0.1) is 0 Å². The third kappa shape index (κ3) is 5.40. The monoisotopic (exact) mass is 460 g/mol. The van der Waals surface area contributed by atoms with E-state index in [0.717, 1.165) is 18.4 Å². The first-order chi connectivity index (χ1) is 15.2. The minimum absolute atomic E-state index is 0.0314. The number of carboxylic acid groups (broad SMARTS) is 1. The standard InChI is InChI=1S/C23H28N2O6S/c1-3-16-7-10-19(11-8-16)32(29,30)24-18-9-12-21(20(14-18)22(26)27)25-13-5-6-17(15-25)23(28)31-4-2/h7-12,14,17,24H,3-6,13,15H2,1-2H3,(H,26,27)/t17-/m0/s1. The molecule has 172 valence electrons. The number of aromatic carboxylic acids is 1. The molecule has 1 fully saturated rings. The molecular formula is C23H28N2O6S. The molecule has 0 spiro atoms. The SMILES string of the molecule is CCOC(=O)[C@H]1CCCN(c2ccc(NS(=O)(=O)c3ccc(CC)cc3)cc2C(=O)O)C1. The number of carboxylic acids is 1. The highest BCUT2D eigenvalue weighted by molar-refractivity contribution is 7.92. The number of sulfonamides is 1. The zero-order chi connectivity index (χ0) is 23.3. The van der Waals surface area contributed by atoms with Gasteiger partial charge < -0.3 is 14.7 Å². The van der Waals surface area contributed by atoms with Crippen molar-refractivity contribution in [2.75, 3.05) is 29.3 Å². The van der Waals surface area contributed by atoms with Crippen LogP contribution in [0, 0.1) is 5.92 Å². The van der Waals surface area contributed by atoms with Crippen LogP contribution in [0.3, 0.4) is 0 Å². The van der Waals surface area contributed by atoms with E-state index in [1.807, 2.05) is 11.8 Å². The smallest absolute Gasteiger partial charge is 0.337 e. The molecule has 1 saturated heterocycles. The number of piperidine rings is 1. The van der Waals surface area contributed by atoms with Crippen molar-refractivity contribution in [1.82, 2.24) is 0 Å². The number of anilines is 2. The normalized spacial score (nSPS) is 16.4. The summed E-state index contributed by atoms with van der Waals surface area (Å²) in [7, 11) is -3.86. The van der Waals surface area contributed by atoms with Gasteiger partial charge in [0.25, 0.3) is 10.0 Å². The number of aryl methyl sites for hydroxylation is 1. The molecule has 32 heavy (non-hydrogen) atoms. The molecule has 0 amide bonds. The molecule has 0 bridgehead atoms. The highest BCUT2D eigenvalue weighted by atomic mass is 32.2. The summed E-state index contributed by atoms with van der Waals surface area (Å²) >= 11 is 0. The quantitative estimate of drug-likeness (QED) is 0.580. The lowest BCUT2D eigenvalue weighted by Gasteiger charge is -2.34. The second-order valence-corrected chi connectivity index (χ2v) is 9.36. The van der Waals surface area contributed by atoms with Gasteiger partial charge >= 0.3 is 11.9 Å². The molecule has 1 aliphatic heterocycles. The number of esters is 1. The number of hydrogen-bond donors (Lipinski definition) is 2. The fourth-order valence-corrected chi connectivity index (χ4v) is 4.86. The topological polar surface area (TPSA) is 113 Å². The van der Waals surface area contributed by atoms with Crippen LogP contribution >= 0.6 is 0 Å². The Morgan fingerprint density at radius 1 is 1.16 bits per heavy atom. The van der Waals surface area contributed by atoms with Crippen molar-refractivity contribution in [3.05, 3.63) is 53.6 Å². The van der Waals surface area contributed by atoms with Crippen molar-refractivity contribution >= 4 is 33.3 Å². The number of hydrogen-bond acceptors (Lipinski definition) is 6. The van der Waals surface area contributed by atoms with E-state index >= 15 is 0 Å². The number of nitrogens with zero attached hydrogens (tertiary/aromatic N) is 1. The van der Waals surface area contributed by atoms with Crippen molar-refractivity contribution in [2.45, 2.75) is 38.0 Å². The number of carbonyl (C=O) groups is 2. The Labute approximate surface area is 188 Å². The van der Waals surface area contributed by atoms with E-state index in [-0.39, 0.29) is 28.0 Å². The fraction of sp³-hybridized carbons (Fsp3) is 0.391. The first kappa shape index (κ1) is 23.6. The van der Waals surface area contributed by atoms with E-state index in [0.29, 0.717) is 31.8 Å². The summed E-state index contributed by atoms with van der Waals surface area (Å²) in [5, 5.41) is 9.76. The molecular weight excluding hydrogens is 432 g/mol.